The lowest BCUT2D eigenvalue weighted by Crippen LogP contribution is -2.45. The first-order valence-corrected chi connectivity index (χ1v) is 7.19. The molecule has 106 valence electrons. The van der Waals surface area contributed by atoms with Crippen LogP contribution in [0.4, 0.5) is 0 Å². The van der Waals surface area contributed by atoms with Crippen LogP contribution in [-0.2, 0) is 6.42 Å². The first kappa shape index (κ1) is 14.4. The number of methoxy groups -OCH3 is 1. The van der Waals surface area contributed by atoms with Gasteiger partial charge in [-0.2, -0.15) is 0 Å². The maximum Gasteiger partial charge on any atom is 0.119 e. The minimum atomic E-state index is -0.416. The van der Waals surface area contributed by atoms with Crippen LogP contribution in [0.3, 0.4) is 0 Å². The maximum absolute atomic E-state index is 10.7. The highest BCUT2D eigenvalue weighted by molar-refractivity contribution is 5.39. The molecule has 0 amide bonds. The summed E-state index contributed by atoms with van der Waals surface area (Å²) >= 11 is 0. The number of fused-ring (bicyclic) bond motifs is 1. The molecule has 1 aromatic rings. The number of rotatable bonds is 4. The van der Waals surface area contributed by atoms with Crippen molar-refractivity contribution in [1.82, 2.24) is 4.90 Å². The first-order valence-electron chi connectivity index (χ1n) is 7.19. The van der Waals surface area contributed by atoms with Gasteiger partial charge in [0.15, 0.2) is 0 Å². The lowest BCUT2D eigenvalue weighted by molar-refractivity contribution is 0.0223. The van der Waals surface area contributed by atoms with E-state index in [0.29, 0.717) is 6.04 Å². The summed E-state index contributed by atoms with van der Waals surface area (Å²) in [5.41, 5.74) is 2.29. The summed E-state index contributed by atoms with van der Waals surface area (Å²) in [5.74, 6) is 0.825. The zero-order valence-corrected chi connectivity index (χ0v) is 12.4. The molecule has 0 aliphatic heterocycles. The van der Waals surface area contributed by atoms with Crippen LogP contribution in [0.5, 0.6) is 5.75 Å². The smallest absolute Gasteiger partial charge is 0.119 e. The van der Waals surface area contributed by atoms with Gasteiger partial charge in [0, 0.05) is 12.1 Å². The van der Waals surface area contributed by atoms with Crippen molar-refractivity contribution in [3.63, 3.8) is 0 Å². The third kappa shape index (κ3) is 2.77. The lowest BCUT2D eigenvalue weighted by Gasteiger charge is -2.40. The van der Waals surface area contributed by atoms with Crippen LogP contribution in [0, 0.1) is 0 Å². The summed E-state index contributed by atoms with van der Waals surface area (Å²) in [6.07, 6.45) is 1.64. The van der Waals surface area contributed by atoms with Gasteiger partial charge in [0.1, 0.15) is 5.75 Å². The molecule has 0 saturated carbocycles. The molecule has 1 aliphatic rings. The minimum Gasteiger partial charge on any atom is -0.497 e. The fourth-order valence-corrected chi connectivity index (χ4v) is 3.20. The van der Waals surface area contributed by atoms with Gasteiger partial charge in [0.25, 0.3) is 0 Å². The minimum absolute atomic E-state index is 0.213. The molecule has 3 heteroatoms. The topological polar surface area (TPSA) is 32.7 Å². The van der Waals surface area contributed by atoms with Crippen LogP contribution in [0.2, 0.25) is 0 Å². The molecule has 1 aromatic carbocycles. The third-order valence-electron chi connectivity index (χ3n) is 4.20. The van der Waals surface area contributed by atoms with Gasteiger partial charge in [-0.15, -0.1) is 0 Å². The molecule has 2 rings (SSSR count). The molecule has 1 N–H and O–H groups in total. The number of hydrogen-bond donors (Lipinski definition) is 1. The summed E-state index contributed by atoms with van der Waals surface area (Å²) in [4.78, 5) is 2.38. The Kier molecular flexibility index (Phi) is 4.48. The molecule has 0 spiro atoms. The van der Waals surface area contributed by atoms with Gasteiger partial charge in [-0.1, -0.05) is 13.0 Å². The molecule has 0 bridgehead atoms. The highest BCUT2D eigenvalue weighted by atomic mass is 16.5. The number of aliphatic hydroxyl groups is 1. The van der Waals surface area contributed by atoms with Gasteiger partial charge in [0.2, 0.25) is 0 Å². The summed E-state index contributed by atoms with van der Waals surface area (Å²) in [5, 5.41) is 10.7. The zero-order chi connectivity index (χ0) is 14.0. The summed E-state index contributed by atoms with van der Waals surface area (Å²) in [6, 6.07) is 6.72. The second-order valence-electron chi connectivity index (χ2n) is 5.54. The van der Waals surface area contributed by atoms with Gasteiger partial charge in [-0.05, 0) is 56.5 Å². The van der Waals surface area contributed by atoms with Gasteiger partial charge in [-0.3, -0.25) is 4.90 Å². The van der Waals surface area contributed by atoms with Gasteiger partial charge < -0.3 is 9.84 Å². The fraction of sp³-hybridized carbons (Fsp3) is 0.625. The summed E-state index contributed by atoms with van der Waals surface area (Å²) in [6.45, 7) is 7.52. The average Bonchev–Trinajstić information content (AvgIpc) is 2.41. The Morgan fingerprint density at radius 3 is 2.74 bits per heavy atom. The normalized spacial score (nSPS) is 22.7. The van der Waals surface area contributed by atoms with Crippen LogP contribution in [0.25, 0.3) is 0 Å². The van der Waals surface area contributed by atoms with Gasteiger partial charge >= 0.3 is 0 Å². The average molecular weight is 263 g/mol. The van der Waals surface area contributed by atoms with E-state index < -0.39 is 6.10 Å². The molecule has 0 aromatic heterocycles. The zero-order valence-electron chi connectivity index (χ0n) is 12.4. The number of likely N-dealkylation sites (N-methyl/N-ethyl adjacent to an activating group) is 1. The SMILES string of the molecule is CCN(C(C)C)C1CCc2ccc(OC)cc2C1O. The number of nitrogens with zero attached hydrogens (tertiary/aromatic N) is 1. The van der Waals surface area contributed by atoms with Crippen molar-refractivity contribution in [3.8, 4) is 5.75 Å². The molecular weight excluding hydrogens is 238 g/mol. The second-order valence-corrected chi connectivity index (χ2v) is 5.54. The Labute approximate surface area is 116 Å². The van der Waals surface area contributed by atoms with Crippen molar-refractivity contribution in [2.24, 2.45) is 0 Å². The van der Waals surface area contributed by atoms with E-state index in [1.54, 1.807) is 7.11 Å². The van der Waals surface area contributed by atoms with E-state index in [-0.39, 0.29) is 6.04 Å². The molecule has 1 aliphatic carbocycles. The van der Waals surface area contributed by atoms with Crippen LogP contribution < -0.4 is 4.74 Å². The van der Waals surface area contributed by atoms with Gasteiger partial charge in [-0.25, -0.2) is 0 Å². The molecule has 0 saturated heterocycles. The highest BCUT2D eigenvalue weighted by Gasteiger charge is 2.32. The van der Waals surface area contributed by atoms with Crippen LogP contribution in [0.1, 0.15) is 44.4 Å². The molecular formula is C16H25NO2. The van der Waals surface area contributed by atoms with Crippen LogP contribution >= 0.6 is 0 Å². The van der Waals surface area contributed by atoms with Crippen LogP contribution in [-0.4, -0.2) is 35.7 Å². The quantitative estimate of drug-likeness (QED) is 0.906. The van der Waals surface area contributed by atoms with Crippen molar-refractivity contribution in [2.75, 3.05) is 13.7 Å². The fourth-order valence-electron chi connectivity index (χ4n) is 3.20. The first-order chi connectivity index (χ1) is 9.08. The maximum atomic E-state index is 10.7. The number of aliphatic hydroxyl groups excluding tert-OH is 1. The van der Waals surface area contributed by atoms with Crippen molar-refractivity contribution < 1.29 is 9.84 Å². The van der Waals surface area contributed by atoms with E-state index in [0.717, 1.165) is 30.7 Å². The molecule has 0 heterocycles. The Morgan fingerprint density at radius 1 is 1.42 bits per heavy atom. The standard InChI is InChI=1S/C16H25NO2/c1-5-17(11(2)3)15-9-7-12-6-8-13(19-4)10-14(12)16(15)18/h6,8,10-11,15-16,18H,5,7,9H2,1-4H3. The van der Waals surface area contributed by atoms with Crippen LogP contribution in [0.15, 0.2) is 18.2 Å². The summed E-state index contributed by atoms with van der Waals surface area (Å²) in [7, 11) is 1.67. The Morgan fingerprint density at radius 2 is 2.16 bits per heavy atom. The van der Waals surface area contributed by atoms with Gasteiger partial charge in [0.05, 0.1) is 13.2 Å². The molecule has 2 atom stereocenters. The predicted octanol–water partition coefficient (Wildman–Crippen LogP) is 2.77. The van der Waals surface area contributed by atoms with Crippen molar-refractivity contribution in [1.29, 1.82) is 0 Å². The molecule has 0 fully saturated rings. The molecule has 0 radical (unpaired) electrons. The van der Waals surface area contributed by atoms with E-state index in [1.165, 1.54) is 5.56 Å². The molecule has 19 heavy (non-hydrogen) atoms. The van der Waals surface area contributed by atoms with Crippen molar-refractivity contribution in [2.45, 2.75) is 51.8 Å². The number of benzene rings is 1. The second kappa shape index (κ2) is 5.93. The van der Waals surface area contributed by atoms with E-state index >= 15 is 0 Å². The van der Waals surface area contributed by atoms with E-state index in [2.05, 4.69) is 31.7 Å². The Hall–Kier alpha value is -1.06. The van der Waals surface area contributed by atoms with E-state index in [4.69, 9.17) is 4.74 Å². The Bertz CT molecular complexity index is 431. The van der Waals surface area contributed by atoms with E-state index in [9.17, 15) is 5.11 Å². The third-order valence-corrected chi connectivity index (χ3v) is 4.20. The van der Waals surface area contributed by atoms with E-state index in [1.807, 2.05) is 12.1 Å². The molecule has 3 nitrogen and oxygen atoms in total. The summed E-state index contributed by atoms with van der Waals surface area (Å²) < 4.78 is 5.27. The largest absolute Gasteiger partial charge is 0.497 e. The van der Waals surface area contributed by atoms with Crippen molar-refractivity contribution >= 4 is 0 Å². The monoisotopic (exact) mass is 263 g/mol. The number of aryl methyl sites for hydroxylation is 1. The van der Waals surface area contributed by atoms with Crippen molar-refractivity contribution in [3.05, 3.63) is 29.3 Å². The lowest BCUT2D eigenvalue weighted by atomic mass is 9.84. The predicted molar refractivity (Wildman–Crippen MR) is 77.6 cm³/mol. The Balaban J connectivity index is 2.29. The number of hydrogen-bond acceptors (Lipinski definition) is 3. The molecule has 2 unspecified atom stereocenters. The highest BCUT2D eigenvalue weighted by Crippen LogP contribution is 2.35. The number of ether oxygens (including phenoxy) is 1.